The fourth-order valence-electron chi connectivity index (χ4n) is 1.45. The normalized spacial score (nSPS) is 9.38. The summed E-state index contributed by atoms with van der Waals surface area (Å²) in [6.07, 6.45) is -0.120. The van der Waals surface area contributed by atoms with E-state index in [0.29, 0.717) is 0 Å². The smallest absolute Gasteiger partial charge is 0.238 e. The summed E-state index contributed by atoms with van der Waals surface area (Å²) in [6.45, 7) is 2.01. The van der Waals surface area contributed by atoms with Crippen LogP contribution in [0, 0.1) is 18.3 Å². The van der Waals surface area contributed by atoms with Crippen LogP contribution in [0.1, 0.15) is 12.0 Å². The summed E-state index contributed by atoms with van der Waals surface area (Å²) in [7, 11) is 3.90. The Morgan fingerprint density at radius 2 is 2.19 bits per heavy atom. The van der Waals surface area contributed by atoms with Crippen LogP contribution in [0.4, 0.5) is 11.4 Å². The first-order valence-corrected chi connectivity index (χ1v) is 4.99. The van der Waals surface area contributed by atoms with Crippen molar-refractivity contribution in [3.05, 3.63) is 23.8 Å². The Labute approximate surface area is 95.5 Å². The molecule has 1 rings (SSSR count). The predicted molar refractivity (Wildman–Crippen MR) is 64.4 cm³/mol. The van der Waals surface area contributed by atoms with E-state index in [1.54, 1.807) is 0 Å². The average Bonchev–Trinajstić information content (AvgIpc) is 2.21. The highest BCUT2D eigenvalue weighted by molar-refractivity contribution is 5.92. The molecule has 4 heteroatoms. The minimum atomic E-state index is -0.281. The zero-order valence-corrected chi connectivity index (χ0v) is 9.74. The fourth-order valence-corrected chi connectivity index (χ4v) is 1.45. The Balaban J connectivity index is 2.87. The highest BCUT2D eigenvalue weighted by Crippen LogP contribution is 2.22. The van der Waals surface area contributed by atoms with Crippen molar-refractivity contribution in [3.8, 4) is 6.07 Å². The number of hydrogen-bond acceptors (Lipinski definition) is 3. The monoisotopic (exact) mass is 217 g/mol. The summed E-state index contributed by atoms with van der Waals surface area (Å²) in [5, 5.41) is 11.1. The lowest BCUT2D eigenvalue weighted by Gasteiger charge is -2.16. The van der Waals surface area contributed by atoms with E-state index in [1.165, 1.54) is 0 Å². The van der Waals surface area contributed by atoms with E-state index < -0.39 is 0 Å². The molecule has 1 N–H and O–H groups in total. The van der Waals surface area contributed by atoms with E-state index in [4.69, 9.17) is 5.26 Å². The number of nitrogens with one attached hydrogen (secondary N) is 1. The quantitative estimate of drug-likeness (QED) is 0.841. The summed E-state index contributed by atoms with van der Waals surface area (Å²) < 4.78 is 0. The van der Waals surface area contributed by atoms with E-state index in [-0.39, 0.29) is 12.3 Å². The lowest BCUT2D eigenvalue weighted by molar-refractivity contribution is -0.115. The second kappa shape index (κ2) is 5.17. The van der Waals surface area contributed by atoms with Crippen LogP contribution in [0.5, 0.6) is 0 Å². The number of carbonyl (C=O) groups is 1. The molecule has 0 heterocycles. The first kappa shape index (κ1) is 12.1. The van der Waals surface area contributed by atoms with Gasteiger partial charge in [-0.05, 0) is 24.6 Å². The number of anilines is 2. The van der Waals surface area contributed by atoms with E-state index >= 15 is 0 Å². The molecule has 4 nitrogen and oxygen atoms in total. The van der Waals surface area contributed by atoms with Crippen molar-refractivity contribution in [3.63, 3.8) is 0 Å². The minimum absolute atomic E-state index is 0.120. The Bertz CT molecular complexity index is 432. The number of aryl methyl sites for hydroxylation is 1. The topological polar surface area (TPSA) is 56.1 Å². The summed E-state index contributed by atoms with van der Waals surface area (Å²) in [6, 6.07) is 7.48. The van der Waals surface area contributed by atoms with E-state index in [0.717, 1.165) is 16.9 Å². The van der Waals surface area contributed by atoms with Crippen molar-refractivity contribution in [2.45, 2.75) is 13.3 Å². The molecule has 0 aliphatic carbocycles. The molecular formula is C12H15N3O. The van der Waals surface area contributed by atoms with Gasteiger partial charge < -0.3 is 10.2 Å². The van der Waals surface area contributed by atoms with Crippen LogP contribution in [-0.2, 0) is 4.79 Å². The first-order valence-electron chi connectivity index (χ1n) is 4.99. The highest BCUT2D eigenvalue weighted by atomic mass is 16.1. The fraction of sp³-hybridized carbons (Fsp3) is 0.333. The van der Waals surface area contributed by atoms with Crippen molar-refractivity contribution in [2.24, 2.45) is 0 Å². The van der Waals surface area contributed by atoms with Gasteiger partial charge in [0.15, 0.2) is 0 Å². The van der Waals surface area contributed by atoms with Crippen molar-refractivity contribution < 1.29 is 4.79 Å². The molecule has 0 saturated carbocycles. The van der Waals surface area contributed by atoms with Gasteiger partial charge in [-0.3, -0.25) is 4.79 Å². The number of carbonyl (C=O) groups excluding carboxylic acids is 1. The standard InChI is InChI=1S/C12H15N3O/c1-9-4-5-10(8-11(9)15(2)3)14-12(16)6-7-13/h4-5,8H,6H2,1-3H3,(H,14,16). The number of benzene rings is 1. The highest BCUT2D eigenvalue weighted by Gasteiger charge is 2.05. The number of amides is 1. The Morgan fingerprint density at radius 3 is 2.75 bits per heavy atom. The van der Waals surface area contributed by atoms with E-state index in [2.05, 4.69) is 5.32 Å². The van der Waals surface area contributed by atoms with Gasteiger partial charge in [0.25, 0.3) is 0 Å². The largest absolute Gasteiger partial charge is 0.377 e. The molecule has 1 amide bonds. The second-order valence-corrected chi connectivity index (χ2v) is 3.78. The molecule has 0 unspecified atom stereocenters. The van der Waals surface area contributed by atoms with Crippen LogP contribution in [0.25, 0.3) is 0 Å². The SMILES string of the molecule is Cc1ccc(NC(=O)CC#N)cc1N(C)C. The van der Waals surface area contributed by atoms with Crippen molar-refractivity contribution in [1.82, 2.24) is 0 Å². The molecule has 0 fully saturated rings. The van der Waals surface area contributed by atoms with Gasteiger partial charge in [0.1, 0.15) is 6.42 Å². The van der Waals surface area contributed by atoms with Gasteiger partial charge in [-0.1, -0.05) is 6.07 Å². The van der Waals surface area contributed by atoms with Gasteiger partial charge >= 0.3 is 0 Å². The Kier molecular flexibility index (Phi) is 3.90. The number of hydrogen-bond donors (Lipinski definition) is 1. The number of nitrogens with zero attached hydrogens (tertiary/aromatic N) is 2. The molecular weight excluding hydrogens is 202 g/mol. The maximum atomic E-state index is 11.2. The number of nitriles is 1. The zero-order chi connectivity index (χ0) is 12.1. The molecule has 0 saturated heterocycles. The van der Waals surface area contributed by atoms with Gasteiger partial charge in [-0.15, -0.1) is 0 Å². The Hall–Kier alpha value is -2.02. The minimum Gasteiger partial charge on any atom is -0.377 e. The first-order chi connectivity index (χ1) is 7.54. The van der Waals surface area contributed by atoms with Gasteiger partial charge in [0, 0.05) is 25.5 Å². The molecule has 1 aromatic carbocycles. The van der Waals surface area contributed by atoms with Crippen LogP contribution < -0.4 is 10.2 Å². The maximum Gasteiger partial charge on any atom is 0.238 e. The maximum absolute atomic E-state index is 11.2. The molecule has 0 aliphatic rings. The van der Waals surface area contributed by atoms with Gasteiger partial charge in [0.05, 0.1) is 6.07 Å². The lowest BCUT2D eigenvalue weighted by Crippen LogP contribution is -2.13. The third kappa shape index (κ3) is 2.99. The van der Waals surface area contributed by atoms with Crippen LogP contribution >= 0.6 is 0 Å². The van der Waals surface area contributed by atoms with Gasteiger partial charge in [-0.2, -0.15) is 5.26 Å². The molecule has 0 bridgehead atoms. The molecule has 84 valence electrons. The van der Waals surface area contributed by atoms with Gasteiger partial charge in [0.2, 0.25) is 5.91 Å². The predicted octanol–water partition coefficient (Wildman–Crippen LogP) is 1.91. The van der Waals surface area contributed by atoms with Crippen LogP contribution in [0.3, 0.4) is 0 Å². The average molecular weight is 217 g/mol. The molecule has 0 radical (unpaired) electrons. The third-order valence-corrected chi connectivity index (χ3v) is 2.21. The van der Waals surface area contributed by atoms with Gasteiger partial charge in [-0.25, -0.2) is 0 Å². The van der Waals surface area contributed by atoms with Crippen LogP contribution in [-0.4, -0.2) is 20.0 Å². The van der Waals surface area contributed by atoms with Crippen LogP contribution in [0.2, 0.25) is 0 Å². The summed E-state index contributed by atoms with van der Waals surface area (Å²) in [5.41, 5.74) is 2.91. The van der Waals surface area contributed by atoms with E-state index in [9.17, 15) is 4.79 Å². The lowest BCUT2D eigenvalue weighted by atomic mass is 10.1. The second-order valence-electron chi connectivity index (χ2n) is 3.78. The molecule has 1 aromatic rings. The summed E-state index contributed by atoms with van der Waals surface area (Å²) >= 11 is 0. The Morgan fingerprint density at radius 1 is 1.50 bits per heavy atom. The number of rotatable bonds is 3. The summed E-state index contributed by atoms with van der Waals surface area (Å²) in [4.78, 5) is 13.2. The van der Waals surface area contributed by atoms with E-state index in [1.807, 2.05) is 50.2 Å². The van der Waals surface area contributed by atoms with Crippen LogP contribution in [0.15, 0.2) is 18.2 Å². The third-order valence-electron chi connectivity index (χ3n) is 2.21. The molecule has 0 atom stereocenters. The van der Waals surface area contributed by atoms with Crippen molar-refractivity contribution >= 4 is 17.3 Å². The molecule has 0 spiro atoms. The van der Waals surface area contributed by atoms with Crippen molar-refractivity contribution in [2.75, 3.05) is 24.3 Å². The molecule has 16 heavy (non-hydrogen) atoms. The zero-order valence-electron chi connectivity index (χ0n) is 9.74. The summed E-state index contributed by atoms with van der Waals surface area (Å²) in [5.74, 6) is -0.281. The van der Waals surface area contributed by atoms with Crippen molar-refractivity contribution in [1.29, 1.82) is 5.26 Å². The molecule has 0 aromatic heterocycles. The molecule has 0 aliphatic heterocycles.